The molecule has 0 fully saturated rings. The maximum atomic E-state index is 13.8. The minimum atomic E-state index is -0.498. The highest BCUT2D eigenvalue weighted by Crippen LogP contribution is 2.24. The van der Waals surface area contributed by atoms with Gasteiger partial charge in [-0.1, -0.05) is 0 Å². The van der Waals surface area contributed by atoms with E-state index in [1.807, 2.05) is 6.92 Å². The van der Waals surface area contributed by atoms with E-state index in [2.05, 4.69) is 25.6 Å². The topological polar surface area (TPSA) is 95.8 Å². The Morgan fingerprint density at radius 2 is 1.75 bits per heavy atom. The highest BCUT2D eigenvalue weighted by atomic mass is 19.1. The van der Waals surface area contributed by atoms with Crippen molar-refractivity contribution in [2.24, 2.45) is 0 Å². The Hall–Kier alpha value is -3.68. The lowest BCUT2D eigenvalue weighted by Gasteiger charge is -2.12. The largest absolute Gasteiger partial charge is 0.417 e. The number of nitrogens with zero attached hydrogens (tertiary/aromatic N) is 2. The van der Waals surface area contributed by atoms with Crippen LogP contribution in [0.15, 0.2) is 45.7 Å². The Balaban J connectivity index is 1.62. The highest BCUT2D eigenvalue weighted by Gasteiger charge is 2.09. The number of hydrogen-bond acceptors (Lipinski definition) is 6. The predicted octanol–water partition coefficient (Wildman–Crippen LogP) is 4.46. The second-order valence-electron chi connectivity index (χ2n) is 6.62. The number of aromatic amines is 1. The van der Waals surface area contributed by atoms with Crippen molar-refractivity contribution < 1.29 is 8.81 Å². The zero-order valence-electron chi connectivity index (χ0n) is 15.6. The van der Waals surface area contributed by atoms with E-state index >= 15 is 0 Å². The van der Waals surface area contributed by atoms with E-state index in [-0.39, 0.29) is 5.82 Å². The van der Waals surface area contributed by atoms with E-state index < -0.39 is 5.76 Å². The number of halogens is 1. The van der Waals surface area contributed by atoms with Gasteiger partial charge in [-0.3, -0.25) is 4.98 Å². The molecule has 2 aromatic carbocycles. The molecule has 28 heavy (non-hydrogen) atoms. The highest BCUT2D eigenvalue weighted by molar-refractivity contribution is 5.78. The Bertz CT molecular complexity index is 1220. The molecule has 7 nitrogen and oxygen atoms in total. The van der Waals surface area contributed by atoms with Gasteiger partial charge in [-0.2, -0.15) is 4.98 Å². The molecule has 3 N–H and O–H groups in total. The molecule has 8 heteroatoms. The van der Waals surface area contributed by atoms with Crippen LogP contribution < -0.4 is 16.4 Å². The molecule has 0 atom stereocenters. The number of benzene rings is 2. The molecular formula is C20H18FN5O2. The van der Waals surface area contributed by atoms with Gasteiger partial charge >= 0.3 is 5.76 Å². The summed E-state index contributed by atoms with van der Waals surface area (Å²) in [5.74, 6) is 0.279. The van der Waals surface area contributed by atoms with Crippen LogP contribution in [-0.2, 0) is 0 Å². The molecule has 0 saturated carbocycles. The van der Waals surface area contributed by atoms with Crippen LogP contribution in [-0.4, -0.2) is 15.0 Å². The van der Waals surface area contributed by atoms with E-state index in [0.717, 1.165) is 11.3 Å². The molecule has 4 aromatic rings. The van der Waals surface area contributed by atoms with Gasteiger partial charge in [-0.15, -0.1) is 0 Å². The predicted molar refractivity (Wildman–Crippen MR) is 106 cm³/mol. The van der Waals surface area contributed by atoms with Crippen LogP contribution in [0.2, 0.25) is 0 Å². The minimum absolute atomic E-state index is 0.217. The molecule has 0 saturated heterocycles. The number of aryl methyl sites for hydroxylation is 3. The molecule has 2 aromatic heterocycles. The SMILES string of the molecule is Cc1cnc(Nc2cc(C)c(F)c(C)c2)nc1Nc1ccc2oc(=O)[nH]c2c1. The summed E-state index contributed by atoms with van der Waals surface area (Å²) in [6.45, 7) is 5.32. The van der Waals surface area contributed by atoms with Crippen LogP contribution in [0.1, 0.15) is 16.7 Å². The van der Waals surface area contributed by atoms with Crippen molar-refractivity contribution in [2.75, 3.05) is 10.6 Å². The standard InChI is InChI=1S/C20H18FN5O2/c1-10-6-14(7-11(2)17(10)21)24-19-22-9-12(3)18(26-19)23-13-4-5-16-15(8-13)25-20(27)28-16/h4-9H,1-3H3,(H,25,27)(H2,22,23,24,26). The third-order valence-corrected chi connectivity index (χ3v) is 4.35. The zero-order valence-corrected chi connectivity index (χ0v) is 15.6. The summed E-state index contributed by atoms with van der Waals surface area (Å²) in [6.07, 6.45) is 1.69. The summed E-state index contributed by atoms with van der Waals surface area (Å²) >= 11 is 0. The van der Waals surface area contributed by atoms with Crippen LogP contribution in [0.4, 0.5) is 27.5 Å². The van der Waals surface area contributed by atoms with E-state index in [1.165, 1.54) is 0 Å². The molecule has 0 spiro atoms. The summed E-state index contributed by atoms with van der Waals surface area (Å²) in [5, 5.41) is 6.32. The molecule has 2 heterocycles. The van der Waals surface area contributed by atoms with Gasteiger partial charge in [0.05, 0.1) is 5.52 Å². The number of aromatic nitrogens is 3. The van der Waals surface area contributed by atoms with E-state index in [0.29, 0.717) is 39.7 Å². The second-order valence-corrected chi connectivity index (χ2v) is 6.62. The van der Waals surface area contributed by atoms with Crippen molar-refractivity contribution in [3.8, 4) is 0 Å². The quantitative estimate of drug-likeness (QED) is 0.484. The fourth-order valence-corrected chi connectivity index (χ4v) is 2.94. The number of anilines is 4. The summed E-state index contributed by atoms with van der Waals surface area (Å²) in [6, 6.07) is 8.68. The van der Waals surface area contributed by atoms with E-state index in [1.54, 1.807) is 50.4 Å². The number of rotatable bonds is 4. The van der Waals surface area contributed by atoms with Crippen LogP contribution in [0.3, 0.4) is 0 Å². The molecule has 142 valence electrons. The second kappa shape index (κ2) is 6.80. The first kappa shape index (κ1) is 17.7. The number of H-pyrrole nitrogens is 1. The van der Waals surface area contributed by atoms with Crippen molar-refractivity contribution in [3.05, 3.63) is 69.6 Å². The Kier molecular flexibility index (Phi) is 4.31. The summed E-state index contributed by atoms with van der Waals surface area (Å²) in [5.41, 5.74) is 4.48. The summed E-state index contributed by atoms with van der Waals surface area (Å²) in [7, 11) is 0. The number of oxazole rings is 1. The molecule has 0 aliphatic rings. The maximum Gasteiger partial charge on any atom is 0.417 e. The van der Waals surface area contributed by atoms with Crippen molar-refractivity contribution in [1.82, 2.24) is 15.0 Å². The van der Waals surface area contributed by atoms with Crippen molar-refractivity contribution >= 4 is 34.2 Å². The maximum absolute atomic E-state index is 13.8. The lowest BCUT2D eigenvalue weighted by Crippen LogP contribution is -2.03. The van der Waals surface area contributed by atoms with Crippen LogP contribution >= 0.6 is 0 Å². The fourth-order valence-electron chi connectivity index (χ4n) is 2.94. The van der Waals surface area contributed by atoms with Gasteiger partial charge in [0.25, 0.3) is 0 Å². The summed E-state index contributed by atoms with van der Waals surface area (Å²) < 4.78 is 18.8. The lowest BCUT2D eigenvalue weighted by molar-refractivity contribution is 0.555. The van der Waals surface area contributed by atoms with Crippen molar-refractivity contribution in [2.45, 2.75) is 20.8 Å². The van der Waals surface area contributed by atoms with E-state index in [9.17, 15) is 9.18 Å². The van der Waals surface area contributed by atoms with Gasteiger partial charge in [0.2, 0.25) is 5.95 Å². The fraction of sp³-hybridized carbons (Fsp3) is 0.150. The molecule has 0 unspecified atom stereocenters. The lowest BCUT2D eigenvalue weighted by atomic mass is 10.1. The molecule has 0 bridgehead atoms. The van der Waals surface area contributed by atoms with Gasteiger partial charge in [-0.05, 0) is 62.2 Å². The molecule has 0 aliphatic heterocycles. The first-order valence-electron chi connectivity index (χ1n) is 8.66. The van der Waals surface area contributed by atoms with Crippen LogP contribution in [0.5, 0.6) is 0 Å². The molecule has 0 amide bonds. The molecular weight excluding hydrogens is 361 g/mol. The Morgan fingerprint density at radius 1 is 1.00 bits per heavy atom. The van der Waals surface area contributed by atoms with Crippen LogP contribution in [0.25, 0.3) is 11.1 Å². The monoisotopic (exact) mass is 379 g/mol. The van der Waals surface area contributed by atoms with Gasteiger partial charge in [-0.25, -0.2) is 14.2 Å². The number of fused-ring (bicyclic) bond motifs is 1. The van der Waals surface area contributed by atoms with Gasteiger partial charge in [0.15, 0.2) is 5.58 Å². The normalized spacial score (nSPS) is 11.0. The Labute approximate surface area is 159 Å². The van der Waals surface area contributed by atoms with Crippen LogP contribution in [0, 0.1) is 26.6 Å². The van der Waals surface area contributed by atoms with E-state index in [4.69, 9.17) is 4.42 Å². The number of nitrogens with one attached hydrogen (secondary N) is 3. The van der Waals surface area contributed by atoms with Crippen molar-refractivity contribution in [3.63, 3.8) is 0 Å². The van der Waals surface area contributed by atoms with Crippen molar-refractivity contribution in [1.29, 1.82) is 0 Å². The summed E-state index contributed by atoms with van der Waals surface area (Å²) in [4.78, 5) is 22.7. The molecule has 0 radical (unpaired) electrons. The third-order valence-electron chi connectivity index (χ3n) is 4.35. The molecule has 4 rings (SSSR count). The third kappa shape index (κ3) is 3.44. The minimum Gasteiger partial charge on any atom is -0.408 e. The first-order valence-corrected chi connectivity index (χ1v) is 8.66. The van der Waals surface area contributed by atoms with Gasteiger partial charge < -0.3 is 15.1 Å². The smallest absolute Gasteiger partial charge is 0.408 e. The van der Waals surface area contributed by atoms with Gasteiger partial charge in [0.1, 0.15) is 11.6 Å². The molecule has 0 aliphatic carbocycles. The zero-order chi connectivity index (χ0) is 19.8. The average molecular weight is 379 g/mol. The number of hydrogen-bond donors (Lipinski definition) is 3. The first-order chi connectivity index (χ1) is 13.4. The Morgan fingerprint density at radius 3 is 2.50 bits per heavy atom. The van der Waals surface area contributed by atoms with Gasteiger partial charge in [0, 0.05) is 23.1 Å². The average Bonchev–Trinajstić information content (AvgIpc) is 3.02.